The van der Waals surface area contributed by atoms with E-state index in [1.165, 1.54) is 18.2 Å². The number of fused-ring (bicyclic) bond motifs is 1. The van der Waals surface area contributed by atoms with E-state index in [9.17, 15) is 18.8 Å². The van der Waals surface area contributed by atoms with Gasteiger partial charge in [0.25, 0.3) is 17.1 Å². The Morgan fingerprint density at radius 1 is 1.23 bits per heavy atom. The number of aryl methyl sites for hydroxylation is 1. The van der Waals surface area contributed by atoms with E-state index in [0.29, 0.717) is 16.2 Å². The predicted octanol–water partition coefficient (Wildman–Crippen LogP) is 5.00. The number of rotatable bonds is 5. The number of nitrogens with one attached hydrogen (secondary N) is 1. The van der Waals surface area contributed by atoms with Crippen LogP contribution in [0.3, 0.4) is 0 Å². The Labute approximate surface area is 186 Å². The van der Waals surface area contributed by atoms with Crippen molar-refractivity contribution in [2.45, 2.75) is 6.92 Å². The Bertz CT molecular complexity index is 1250. The molecule has 1 aliphatic rings. The molecule has 0 aliphatic carbocycles. The van der Waals surface area contributed by atoms with Crippen molar-refractivity contribution in [3.63, 3.8) is 0 Å². The van der Waals surface area contributed by atoms with E-state index < -0.39 is 22.9 Å². The van der Waals surface area contributed by atoms with Crippen molar-refractivity contribution in [3.05, 3.63) is 75.1 Å². The lowest BCUT2D eigenvalue weighted by Gasteiger charge is -2.12. The number of carbonyl (C=O) groups is 3. The van der Waals surface area contributed by atoms with E-state index in [0.717, 1.165) is 22.0 Å². The Balaban J connectivity index is 1.42. The number of halogens is 2. The fourth-order valence-corrected chi connectivity index (χ4v) is 4.28. The number of furan rings is 1. The third-order valence-electron chi connectivity index (χ3n) is 4.81. The Morgan fingerprint density at radius 3 is 2.74 bits per heavy atom. The number of hydrogen-bond acceptors (Lipinski definition) is 5. The molecule has 4 rings (SSSR count). The lowest BCUT2D eigenvalue weighted by atomic mass is 10.1. The van der Waals surface area contributed by atoms with Crippen molar-refractivity contribution in [2.24, 2.45) is 0 Å². The van der Waals surface area contributed by atoms with E-state index in [4.69, 9.17) is 16.0 Å². The first-order valence-electron chi connectivity index (χ1n) is 9.32. The number of thioether (sulfide) groups is 1. The smallest absolute Gasteiger partial charge is 0.293 e. The molecule has 1 aromatic heterocycles. The largest absolute Gasteiger partial charge is 0.449 e. The number of amides is 3. The molecule has 0 unspecified atom stereocenters. The van der Waals surface area contributed by atoms with Gasteiger partial charge in [0.05, 0.1) is 9.93 Å². The molecule has 0 saturated carbocycles. The van der Waals surface area contributed by atoms with Gasteiger partial charge in [-0.2, -0.15) is 0 Å². The topological polar surface area (TPSA) is 79.6 Å². The van der Waals surface area contributed by atoms with Crippen molar-refractivity contribution in [1.82, 2.24) is 10.2 Å². The molecule has 1 N–H and O–H groups in total. The summed E-state index contributed by atoms with van der Waals surface area (Å²) >= 11 is 6.85. The normalized spacial score (nSPS) is 15.3. The van der Waals surface area contributed by atoms with Gasteiger partial charge < -0.3 is 9.73 Å². The van der Waals surface area contributed by atoms with Crippen LogP contribution in [0.15, 0.2) is 51.8 Å². The van der Waals surface area contributed by atoms with Crippen molar-refractivity contribution >= 4 is 57.5 Å². The van der Waals surface area contributed by atoms with Gasteiger partial charge in [0.2, 0.25) is 0 Å². The Hall–Kier alpha value is -3.10. The second kappa shape index (κ2) is 8.56. The Morgan fingerprint density at radius 2 is 2.00 bits per heavy atom. The van der Waals surface area contributed by atoms with E-state index >= 15 is 0 Å². The van der Waals surface area contributed by atoms with Crippen LogP contribution in [0.1, 0.15) is 21.7 Å². The van der Waals surface area contributed by atoms with E-state index in [-0.39, 0.29) is 29.3 Å². The van der Waals surface area contributed by atoms with Gasteiger partial charge in [-0.15, -0.1) is 0 Å². The standard InChI is InChI=1S/C22H16ClFN2O4S/c1-12-14-6-4-7-15(23)19(14)30-18(12)20(27)25-9-10-26-21(28)17(31-22(26)29)11-13-5-2-3-8-16(13)24/h2-8,11H,9-10H2,1H3,(H,25,27)/b17-11-. The quantitative estimate of drug-likeness (QED) is 0.544. The maximum atomic E-state index is 13.8. The first-order valence-corrected chi connectivity index (χ1v) is 10.5. The molecular formula is C22H16ClFN2O4S. The van der Waals surface area contributed by atoms with E-state index in [2.05, 4.69) is 5.32 Å². The minimum atomic E-state index is -0.529. The zero-order chi connectivity index (χ0) is 22.1. The zero-order valence-electron chi connectivity index (χ0n) is 16.3. The highest BCUT2D eigenvalue weighted by Crippen LogP contribution is 2.33. The van der Waals surface area contributed by atoms with Crippen LogP contribution in [0, 0.1) is 12.7 Å². The minimum absolute atomic E-state index is 0.0228. The summed E-state index contributed by atoms with van der Waals surface area (Å²) in [5, 5.41) is 3.31. The van der Waals surface area contributed by atoms with Crippen LogP contribution >= 0.6 is 23.4 Å². The molecular weight excluding hydrogens is 443 g/mol. The number of carbonyl (C=O) groups excluding carboxylic acids is 3. The summed E-state index contributed by atoms with van der Waals surface area (Å²) in [5.74, 6) is -1.36. The molecule has 0 radical (unpaired) electrons. The van der Waals surface area contributed by atoms with Crippen LogP contribution in [-0.2, 0) is 4.79 Å². The van der Waals surface area contributed by atoms with Crippen molar-refractivity contribution in [3.8, 4) is 0 Å². The van der Waals surface area contributed by atoms with E-state index in [1.807, 2.05) is 0 Å². The van der Waals surface area contributed by atoms with Gasteiger partial charge in [-0.3, -0.25) is 19.3 Å². The summed E-state index contributed by atoms with van der Waals surface area (Å²) in [6, 6.07) is 11.2. The first kappa shape index (κ1) is 21.1. The van der Waals surface area contributed by atoms with Gasteiger partial charge in [-0.25, -0.2) is 4.39 Å². The number of imide groups is 1. The second-order valence-corrected chi connectivity index (χ2v) is 8.18. The summed E-state index contributed by atoms with van der Waals surface area (Å²) in [5.41, 5.74) is 1.30. The van der Waals surface area contributed by atoms with Gasteiger partial charge in [-0.1, -0.05) is 41.9 Å². The Kier molecular flexibility index (Phi) is 5.84. The van der Waals surface area contributed by atoms with Crippen LogP contribution in [-0.4, -0.2) is 35.0 Å². The summed E-state index contributed by atoms with van der Waals surface area (Å²) in [4.78, 5) is 38.4. The highest BCUT2D eigenvalue weighted by Gasteiger charge is 2.35. The molecule has 158 valence electrons. The molecule has 3 aromatic rings. The average Bonchev–Trinajstić information content (AvgIpc) is 3.22. The fraction of sp³-hybridized carbons (Fsp3) is 0.136. The number of nitrogens with zero attached hydrogens (tertiary/aromatic N) is 1. The summed E-state index contributed by atoms with van der Waals surface area (Å²) in [7, 11) is 0. The predicted molar refractivity (Wildman–Crippen MR) is 117 cm³/mol. The van der Waals surface area contributed by atoms with Gasteiger partial charge >= 0.3 is 0 Å². The molecule has 31 heavy (non-hydrogen) atoms. The minimum Gasteiger partial charge on any atom is -0.449 e. The molecule has 0 spiro atoms. The highest BCUT2D eigenvalue weighted by atomic mass is 35.5. The first-order chi connectivity index (χ1) is 14.9. The maximum absolute atomic E-state index is 13.8. The summed E-state index contributed by atoms with van der Waals surface area (Å²) in [6.45, 7) is 1.76. The zero-order valence-corrected chi connectivity index (χ0v) is 17.8. The molecule has 2 aromatic carbocycles. The van der Waals surface area contributed by atoms with Crippen LogP contribution in [0.2, 0.25) is 5.02 Å². The SMILES string of the molecule is Cc1c(C(=O)NCCN2C(=O)S/C(=C\c3ccccc3F)C2=O)oc2c(Cl)cccc12. The molecule has 9 heteroatoms. The van der Waals surface area contributed by atoms with Gasteiger partial charge in [0.15, 0.2) is 11.3 Å². The van der Waals surface area contributed by atoms with Crippen molar-refractivity contribution in [2.75, 3.05) is 13.1 Å². The fourth-order valence-electron chi connectivity index (χ4n) is 3.21. The monoisotopic (exact) mass is 458 g/mol. The van der Waals surface area contributed by atoms with Crippen LogP contribution in [0.5, 0.6) is 0 Å². The van der Waals surface area contributed by atoms with Crippen LogP contribution in [0.25, 0.3) is 17.0 Å². The molecule has 0 bridgehead atoms. The number of hydrogen-bond donors (Lipinski definition) is 1. The molecule has 1 fully saturated rings. The third-order valence-corrected chi connectivity index (χ3v) is 6.01. The van der Waals surface area contributed by atoms with Crippen LogP contribution in [0.4, 0.5) is 9.18 Å². The lowest BCUT2D eigenvalue weighted by molar-refractivity contribution is -0.122. The number of para-hydroxylation sites is 1. The van der Waals surface area contributed by atoms with Crippen molar-refractivity contribution < 1.29 is 23.2 Å². The summed E-state index contributed by atoms with van der Waals surface area (Å²) in [6.07, 6.45) is 1.35. The highest BCUT2D eigenvalue weighted by molar-refractivity contribution is 8.18. The lowest BCUT2D eigenvalue weighted by Crippen LogP contribution is -2.37. The molecule has 6 nitrogen and oxygen atoms in total. The second-order valence-electron chi connectivity index (χ2n) is 6.78. The molecule has 1 aliphatic heterocycles. The average molecular weight is 459 g/mol. The molecule has 3 amide bonds. The van der Waals surface area contributed by atoms with Crippen molar-refractivity contribution in [1.29, 1.82) is 0 Å². The maximum Gasteiger partial charge on any atom is 0.293 e. The number of benzene rings is 2. The van der Waals surface area contributed by atoms with Gasteiger partial charge in [0, 0.05) is 29.6 Å². The summed E-state index contributed by atoms with van der Waals surface area (Å²) < 4.78 is 19.4. The van der Waals surface area contributed by atoms with Crippen LogP contribution < -0.4 is 5.32 Å². The van der Waals surface area contributed by atoms with E-state index in [1.54, 1.807) is 37.3 Å². The molecule has 2 heterocycles. The molecule has 0 atom stereocenters. The third kappa shape index (κ3) is 4.08. The molecule has 1 saturated heterocycles. The van der Waals surface area contributed by atoms with Gasteiger partial charge in [0.1, 0.15) is 5.82 Å². The van der Waals surface area contributed by atoms with Gasteiger partial charge in [-0.05, 0) is 36.9 Å².